The summed E-state index contributed by atoms with van der Waals surface area (Å²) in [4.78, 5) is 42.1. The molecule has 4 aromatic rings. The van der Waals surface area contributed by atoms with Crippen molar-refractivity contribution in [3.63, 3.8) is 0 Å². The highest BCUT2D eigenvalue weighted by atomic mass is 35.5. The molecule has 8 nitrogen and oxygen atoms in total. The van der Waals surface area contributed by atoms with Gasteiger partial charge >= 0.3 is 0 Å². The fourth-order valence-electron chi connectivity index (χ4n) is 3.15. The van der Waals surface area contributed by atoms with Gasteiger partial charge in [-0.3, -0.25) is 19.5 Å². The fourth-order valence-corrected chi connectivity index (χ4v) is 3.32. The Morgan fingerprint density at radius 1 is 1.10 bits per heavy atom. The number of H-pyrrole nitrogens is 1. The first-order valence-electron chi connectivity index (χ1n) is 9.44. The monoisotopic (exact) mass is 435 g/mol. The zero-order valence-corrected chi connectivity index (χ0v) is 17.2. The Morgan fingerprint density at radius 2 is 1.87 bits per heavy atom. The second kappa shape index (κ2) is 8.45. The number of carbonyl (C=O) groups is 2. The zero-order valence-electron chi connectivity index (χ0n) is 16.5. The van der Waals surface area contributed by atoms with Gasteiger partial charge in [0, 0.05) is 34.8 Å². The second-order valence-electron chi connectivity index (χ2n) is 6.88. The number of rotatable bonds is 5. The van der Waals surface area contributed by atoms with E-state index in [1.54, 1.807) is 37.4 Å². The third-order valence-corrected chi connectivity index (χ3v) is 5.05. The van der Waals surface area contributed by atoms with Crippen LogP contribution in [0.5, 0.6) is 0 Å². The van der Waals surface area contributed by atoms with Crippen molar-refractivity contribution in [2.24, 2.45) is 0 Å². The van der Waals surface area contributed by atoms with Gasteiger partial charge in [0.25, 0.3) is 11.5 Å². The Morgan fingerprint density at radius 3 is 2.65 bits per heavy atom. The number of nitrogens with one attached hydrogen (secondary N) is 3. The number of anilines is 2. The molecule has 2 aromatic carbocycles. The van der Waals surface area contributed by atoms with Gasteiger partial charge < -0.3 is 10.6 Å². The van der Waals surface area contributed by atoms with Crippen molar-refractivity contribution in [2.45, 2.75) is 13.3 Å². The first-order valence-corrected chi connectivity index (χ1v) is 9.81. The van der Waals surface area contributed by atoms with Crippen LogP contribution in [0.4, 0.5) is 11.4 Å². The molecular weight excluding hydrogens is 418 g/mol. The average molecular weight is 436 g/mol. The quantitative estimate of drug-likeness (QED) is 0.446. The van der Waals surface area contributed by atoms with Crippen molar-refractivity contribution in [1.82, 2.24) is 14.6 Å². The molecule has 3 N–H and O–H groups in total. The number of para-hydroxylation sites is 1. The summed E-state index contributed by atoms with van der Waals surface area (Å²) in [5.74, 6) is -0.787. The Labute approximate surface area is 181 Å². The summed E-state index contributed by atoms with van der Waals surface area (Å²) in [5, 5.41) is 8.50. The molecule has 31 heavy (non-hydrogen) atoms. The van der Waals surface area contributed by atoms with Gasteiger partial charge in [0.05, 0.1) is 17.1 Å². The van der Waals surface area contributed by atoms with E-state index in [1.165, 1.54) is 16.6 Å². The summed E-state index contributed by atoms with van der Waals surface area (Å²) >= 11 is 6.20. The zero-order chi connectivity index (χ0) is 22.0. The Bertz CT molecular complexity index is 1340. The average Bonchev–Trinajstić information content (AvgIpc) is 3.22. The van der Waals surface area contributed by atoms with E-state index in [0.717, 1.165) is 0 Å². The third-order valence-electron chi connectivity index (χ3n) is 4.72. The number of halogens is 1. The van der Waals surface area contributed by atoms with Gasteiger partial charge in [-0.05, 0) is 37.3 Å². The summed E-state index contributed by atoms with van der Waals surface area (Å²) in [6, 6.07) is 15.3. The smallest absolute Gasteiger partial charge is 0.276 e. The Hall–Kier alpha value is -3.91. The van der Waals surface area contributed by atoms with Crippen LogP contribution in [0.3, 0.4) is 0 Å². The maximum absolute atomic E-state index is 12.6. The van der Waals surface area contributed by atoms with E-state index >= 15 is 0 Å². The van der Waals surface area contributed by atoms with E-state index in [1.807, 2.05) is 18.2 Å². The molecule has 2 aromatic heterocycles. The van der Waals surface area contributed by atoms with Crippen molar-refractivity contribution in [3.8, 4) is 0 Å². The predicted octanol–water partition coefficient (Wildman–Crippen LogP) is 3.42. The van der Waals surface area contributed by atoms with Crippen molar-refractivity contribution in [2.75, 3.05) is 10.6 Å². The van der Waals surface area contributed by atoms with Crippen LogP contribution in [0.2, 0.25) is 5.02 Å². The molecule has 0 aliphatic carbocycles. The number of aromatic nitrogens is 3. The molecule has 0 spiro atoms. The number of hydrogen-bond donors (Lipinski definition) is 3. The number of hydrogen-bond acceptors (Lipinski definition) is 4. The highest BCUT2D eigenvalue weighted by Gasteiger charge is 2.16. The minimum absolute atomic E-state index is 0.184. The minimum atomic E-state index is -0.448. The van der Waals surface area contributed by atoms with Crippen molar-refractivity contribution in [1.29, 1.82) is 0 Å². The van der Waals surface area contributed by atoms with Gasteiger partial charge in [-0.1, -0.05) is 29.8 Å². The molecule has 0 aliphatic rings. The number of amides is 2. The lowest BCUT2D eigenvalue weighted by molar-refractivity contribution is -0.115. The third kappa shape index (κ3) is 4.34. The Kier molecular flexibility index (Phi) is 5.55. The van der Waals surface area contributed by atoms with Gasteiger partial charge in [0.1, 0.15) is 0 Å². The van der Waals surface area contributed by atoms with Crippen LogP contribution in [0.25, 0.3) is 5.65 Å². The summed E-state index contributed by atoms with van der Waals surface area (Å²) in [6.45, 7) is 1.68. The number of aryl methyl sites for hydroxylation is 1. The van der Waals surface area contributed by atoms with Gasteiger partial charge in [-0.2, -0.15) is 0 Å². The molecular formula is C22H18ClN5O3. The van der Waals surface area contributed by atoms with Crippen LogP contribution in [0.15, 0.2) is 65.6 Å². The molecule has 0 radical (unpaired) electrons. The normalized spacial score (nSPS) is 10.8. The highest BCUT2D eigenvalue weighted by Crippen LogP contribution is 2.24. The van der Waals surface area contributed by atoms with Crippen molar-refractivity contribution < 1.29 is 9.59 Å². The molecule has 156 valence electrons. The van der Waals surface area contributed by atoms with E-state index < -0.39 is 5.91 Å². The summed E-state index contributed by atoms with van der Waals surface area (Å²) in [6.07, 6.45) is 1.41. The Balaban J connectivity index is 1.53. The van der Waals surface area contributed by atoms with E-state index in [4.69, 9.17) is 11.6 Å². The van der Waals surface area contributed by atoms with Crippen LogP contribution in [0, 0.1) is 6.92 Å². The predicted molar refractivity (Wildman–Crippen MR) is 119 cm³/mol. The van der Waals surface area contributed by atoms with Crippen molar-refractivity contribution in [3.05, 3.63) is 93.0 Å². The molecule has 2 heterocycles. The lowest BCUT2D eigenvalue weighted by Gasteiger charge is -2.11. The van der Waals surface area contributed by atoms with Crippen LogP contribution in [-0.2, 0) is 11.2 Å². The molecule has 0 saturated carbocycles. The van der Waals surface area contributed by atoms with E-state index in [9.17, 15) is 14.4 Å². The summed E-state index contributed by atoms with van der Waals surface area (Å²) in [5.41, 5.74) is 2.13. The van der Waals surface area contributed by atoms with Crippen molar-refractivity contribution >= 4 is 40.4 Å². The highest BCUT2D eigenvalue weighted by molar-refractivity contribution is 6.34. The fraction of sp³-hybridized carbons (Fsp3) is 0.0909. The SMILES string of the molecule is Cc1nc2cc[nH]n2c(=O)c1CC(=O)Nc1cc(C(=O)Nc2ccccc2)ccc1Cl. The number of carbonyl (C=O) groups excluding carboxylic acids is 2. The number of fused-ring (bicyclic) bond motifs is 1. The first kappa shape index (κ1) is 20.4. The van der Waals surface area contributed by atoms with Gasteiger partial charge in [0.15, 0.2) is 5.65 Å². The standard InChI is InChI=1S/C22H18ClN5O3/c1-13-16(22(31)28-19(25-13)9-10-24-28)12-20(29)27-18-11-14(7-8-17(18)23)21(30)26-15-5-3-2-4-6-15/h2-11,24H,12H2,1H3,(H,26,30)(H,27,29). The molecule has 0 fully saturated rings. The lowest BCUT2D eigenvalue weighted by Crippen LogP contribution is -2.26. The van der Waals surface area contributed by atoms with E-state index in [2.05, 4.69) is 20.7 Å². The number of benzene rings is 2. The molecule has 2 amide bonds. The minimum Gasteiger partial charge on any atom is -0.324 e. The van der Waals surface area contributed by atoms with Crippen LogP contribution in [-0.4, -0.2) is 26.4 Å². The molecule has 0 saturated heterocycles. The summed E-state index contributed by atoms with van der Waals surface area (Å²) in [7, 11) is 0. The van der Waals surface area contributed by atoms with E-state index in [-0.39, 0.29) is 34.2 Å². The van der Waals surface area contributed by atoms with Gasteiger partial charge in [0.2, 0.25) is 5.91 Å². The first-order chi connectivity index (χ1) is 14.9. The maximum atomic E-state index is 12.6. The molecule has 0 aliphatic heterocycles. The van der Waals surface area contributed by atoms with Crippen LogP contribution < -0.4 is 16.2 Å². The molecule has 0 atom stereocenters. The maximum Gasteiger partial charge on any atom is 0.276 e. The molecule has 4 rings (SSSR count). The topological polar surface area (TPSA) is 108 Å². The summed E-state index contributed by atoms with van der Waals surface area (Å²) < 4.78 is 1.27. The van der Waals surface area contributed by atoms with Crippen LogP contribution >= 0.6 is 11.6 Å². The number of aromatic amines is 1. The molecule has 0 bridgehead atoms. The van der Waals surface area contributed by atoms with Gasteiger partial charge in [-0.25, -0.2) is 9.50 Å². The number of nitrogens with zero attached hydrogens (tertiary/aromatic N) is 2. The largest absolute Gasteiger partial charge is 0.324 e. The van der Waals surface area contributed by atoms with Crippen LogP contribution in [0.1, 0.15) is 21.6 Å². The molecule has 9 heteroatoms. The molecule has 0 unspecified atom stereocenters. The van der Waals surface area contributed by atoms with Gasteiger partial charge in [-0.15, -0.1) is 0 Å². The lowest BCUT2D eigenvalue weighted by atomic mass is 10.1. The van der Waals surface area contributed by atoms with E-state index in [0.29, 0.717) is 22.6 Å². The second-order valence-corrected chi connectivity index (χ2v) is 7.28.